The normalized spacial score (nSPS) is 22.6. The topological polar surface area (TPSA) is 44.4 Å². The Kier molecular flexibility index (Phi) is 4.56. The van der Waals surface area contributed by atoms with Gasteiger partial charge in [-0.15, -0.1) is 0 Å². The SMILES string of the molecule is CN1CCCC(CNC(=O)c2cccc3c2CCNC3)C1. The molecule has 1 saturated heterocycles. The van der Waals surface area contributed by atoms with E-state index in [0.29, 0.717) is 5.92 Å². The molecule has 0 aromatic heterocycles. The molecule has 2 aliphatic heterocycles. The number of piperidine rings is 1. The second-order valence-electron chi connectivity index (χ2n) is 6.35. The number of amides is 1. The Morgan fingerprint density at radius 1 is 1.48 bits per heavy atom. The van der Waals surface area contributed by atoms with E-state index in [4.69, 9.17) is 0 Å². The highest BCUT2D eigenvalue weighted by molar-refractivity contribution is 5.96. The third-order valence-electron chi connectivity index (χ3n) is 4.66. The summed E-state index contributed by atoms with van der Waals surface area (Å²) in [4.78, 5) is 14.9. The maximum atomic E-state index is 12.5. The van der Waals surface area contributed by atoms with Crippen molar-refractivity contribution in [3.05, 3.63) is 34.9 Å². The van der Waals surface area contributed by atoms with Crippen molar-refractivity contribution >= 4 is 5.91 Å². The molecular formula is C17H25N3O. The highest BCUT2D eigenvalue weighted by Crippen LogP contribution is 2.19. The van der Waals surface area contributed by atoms with Crippen molar-refractivity contribution in [1.82, 2.24) is 15.5 Å². The van der Waals surface area contributed by atoms with Gasteiger partial charge in [0, 0.05) is 25.2 Å². The zero-order valence-corrected chi connectivity index (χ0v) is 12.8. The van der Waals surface area contributed by atoms with Crippen molar-refractivity contribution in [2.75, 3.05) is 33.2 Å². The smallest absolute Gasteiger partial charge is 0.251 e. The lowest BCUT2D eigenvalue weighted by atomic mass is 9.94. The quantitative estimate of drug-likeness (QED) is 0.883. The van der Waals surface area contributed by atoms with Gasteiger partial charge in [-0.25, -0.2) is 0 Å². The lowest BCUT2D eigenvalue weighted by Crippen LogP contribution is -2.39. The van der Waals surface area contributed by atoms with E-state index in [9.17, 15) is 4.79 Å². The standard InChI is InChI=1S/C17H25N3O/c1-20-9-3-4-13(12-20)10-19-17(21)16-6-2-5-14-11-18-8-7-15(14)16/h2,5-6,13,18H,3-4,7-12H2,1H3,(H,19,21). The van der Waals surface area contributed by atoms with Gasteiger partial charge in [0.05, 0.1) is 0 Å². The Morgan fingerprint density at radius 2 is 2.38 bits per heavy atom. The molecule has 0 aliphatic carbocycles. The molecule has 0 saturated carbocycles. The van der Waals surface area contributed by atoms with E-state index in [1.54, 1.807) is 0 Å². The summed E-state index contributed by atoms with van der Waals surface area (Å²) in [7, 11) is 2.16. The van der Waals surface area contributed by atoms with Crippen LogP contribution in [-0.2, 0) is 13.0 Å². The third kappa shape index (κ3) is 3.44. The highest BCUT2D eigenvalue weighted by Gasteiger charge is 2.20. The molecule has 2 heterocycles. The summed E-state index contributed by atoms with van der Waals surface area (Å²) in [5, 5.41) is 6.51. The van der Waals surface area contributed by atoms with Crippen molar-refractivity contribution in [1.29, 1.82) is 0 Å². The monoisotopic (exact) mass is 287 g/mol. The number of carbonyl (C=O) groups is 1. The van der Waals surface area contributed by atoms with Crippen LogP contribution in [0.2, 0.25) is 0 Å². The molecule has 1 amide bonds. The van der Waals surface area contributed by atoms with E-state index in [1.807, 2.05) is 12.1 Å². The molecule has 2 N–H and O–H groups in total. The summed E-state index contributed by atoms with van der Waals surface area (Å²) in [5.74, 6) is 0.691. The maximum Gasteiger partial charge on any atom is 0.251 e. The van der Waals surface area contributed by atoms with Crippen molar-refractivity contribution < 1.29 is 4.79 Å². The van der Waals surface area contributed by atoms with Crippen LogP contribution in [0.5, 0.6) is 0 Å². The minimum atomic E-state index is 0.0991. The molecule has 0 radical (unpaired) electrons. The predicted octanol–water partition coefficient (Wildman–Crippen LogP) is 1.40. The molecule has 1 fully saturated rings. The molecule has 2 aliphatic rings. The van der Waals surface area contributed by atoms with Gasteiger partial charge in [-0.2, -0.15) is 0 Å². The Balaban J connectivity index is 1.63. The molecule has 0 bridgehead atoms. The van der Waals surface area contributed by atoms with Crippen LogP contribution in [0, 0.1) is 5.92 Å². The summed E-state index contributed by atoms with van der Waals surface area (Å²) in [6, 6.07) is 6.08. The van der Waals surface area contributed by atoms with E-state index >= 15 is 0 Å². The molecule has 0 spiro atoms. The Labute approximate surface area is 126 Å². The van der Waals surface area contributed by atoms with Gasteiger partial charge in [-0.1, -0.05) is 12.1 Å². The molecule has 21 heavy (non-hydrogen) atoms. The zero-order valence-electron chi connectivity index (χ0n) is 12.8. The fourth-order valence-electron chi connectivity index (χ4n) is 3.52. The van der Waals surface area contributed by atoms with E-state index in [-0.39, 0.29) is 5.91 Å². The van der Waals surface area contributed by atoms with E-state index < -0.39 is 0 Å². The van der Waals surface area contributed by atoms with Crippen molar-refractivity contribution in [3.8, 4) is 0 Å². The maximum absolute atomic E-state index is 12.5. The summed E-state index contributed by atoms with van der Waals surface area (Å²) in [6.45, 7) is 4.92. The largest absolute Gasteiger partial charge is 0.352 e. The summed E-state index contributed by atoms with van der Waals surface area (Å²) in [5.41, 5.74) is 3.37. The molecule has 4 nitrogen and oxygen atoms in total. The van der Waals surface area contributed by atoms with Crippen LogP contribution in [0.4, 0.5) is 0 Å². The molecular weight excluding hydrogens is 262 g/mol. The molecule has 1 unspecified atom stereocenters. The number of carbonyl (C=O) groups excluding carboxylic acids is 1. The minimum Gasteiger partial charge on any atom is -0.352 e. The average Bonchev–Trinajstić information content (AvgIpc) is 2.52. The zero-order chi connectivity index (χ0) is 14.7. The molecule has 3 rings (SSSR count). The molecule has 4 heteroatoms. The Morgan fingerprint density at radius 3 is 3.24 bits per heavy atom. The lowest BCUT2D eigenvalue weighted by Gasteiger charge is -2.29. The van der Waals surface area contributed by atoms with Gasteiger partial charge in [0.1, 0.15) is 0 Å². The van der Waals surface area contributed by atoms with Gasteiger partial charge in [-0.3, -0.25) is 4.79 Å². The summed E-state index contributed by atoms with van der Waals surface area (Å²) < 4.78 is 0. The van der Waals surface area contributed by atoms with Gasteiger partial charge in [0.2, 0.25) is 0 Å². The number of nitrogens with zero attached hydrogens (tertiary/aromatic N) is 1. The minimum absolute atomic E-state index is 0.0991. The number of likely N-dealkylation sites (tertiary alicyclic amines) is 1. The van der Waals surface area contributed by atoms with E-state index in [0.717, 1.165) is 38.2 Å². The molecule has 1 atom stereocenters. The molecule has 1 aromatic carbocycles. The number of hydrogen-bond acceptors (Lipinski definition) is 3. The number of fused-ring (bicyclic) bond motifs is 1. The van der Waals surface area contributed by atoms with Crippen LogP contribution in [0.1, 0.15) is 34.3 Å². The van der Waals surface area contributed by atoms with Gasteiger partial charge in [-0.05, 0) is 62.5 Å². The second-order valence-corrected chi connectivity index (χ2v) is 6.35. The molecule has 114 valence electrons. The van der Waals surface area contributed by atoms with Crippen LogP contribution in [-0.4, -0.2) is 44.0 Å². The van der Waals surface area contributed by atoms with E-state index in [2.05, 4.69) is 28.6 Å². The van der Waals surface area contributed by atoms with Gasteiger partial charge in [0.15, 0.2) is 0 Å². The first-order valence-corrected chi connectivity index (χ1v) is 8.02. The van der Waals surface area contributed by atoms with Gasteiger partial charge < -0.3 is 15.5 Å². The third-order valence-corrected chi connectivity index (χ3v) is 4.66. The van der Waals surface area contributed by atoms with Crippen LogP contribution >= 0.6 is 0 Å². The average molecular weight is 287 g/mol. The van der Waals surface area contributed by atoms with Crippen LogP contribution in [0.25, 0.3) is 0 Å². The summed E-state index contributed by atoms with van der Waals surface area (Å²) >= 11 is 0. The van der Waals surface area contributed by atoms with E-state index in [1.165, 1.54) is 30.5 Å². The summed E-state index contributed by atoms with van der Waals surface area (Å²) in [6.07, 6.45) is 3.41. The van der Waals surface area contributed by atoms with Crippen LogP contribution in [0.3, 0.4) is 0 Å². The fraction of sp³-hybridized carbons (Fsp3) is 0.588. The Hall–Kier alpha value is -1.39. The van der Waals surface area contributed by atoms with Gasteiger partial charge in [0.25, 0.3) is 5.91 Å². The van der Waals surface area contributed by atoms with Gasteiger partial charge >= 0.3 is 0 Å². The second kappa shape index (κ2) is 6.58. The Bertz CT molecular complexity index is 515. The first kappa shape index (κ1) is 14.5. The number of nitrogens with one attached hydrogen (secondary N) is 2. The number of rotatable bonds is 3. The first-order valence-electron chi connectivity index (χ1n) is 8.02. The number of benzene rings is 1. The fourth-order valence-corrected chi connectivity index (χ4v) is 3.52. The van der Waals surface area contributed by atoms with Crippen molar-refractivity contribution in [2.24, 2.45) is 5.92 Å². The van der Waals surface area contributed by atoms with Crippen LogP contribution < -0.4 is 10.6 Å². The lowest BCUT2D eigenvalue weighted by molar-refractivity contribution is 0.0935. The highest BCUT2D eigenvalue weighted by atomic mass is 16.1. The van der Waals surface area contributed by atoms with Crippen molar-refractivity contribution in [2.45, 2.75) is 25.8 Å². The predicted molar refractivity (Wildman–Crippen MR) is 84.4 cm³/mol. The number of hydrogen-bond donors (Lipinski definition) is 2. The van der Waals surface area contributed by atoms with Crippen molar-refractivity contribution in [3.63, 3.8) is 0 Å². The molecule has 1 aromatic rings. The van der Waals surface area contributed by atoms with Crippen LogP contribution in [0.15, 0.2) is 18.2 Å². The first-order chi connectivity index (χ1) is 10.2.